The molecule has 3 aliphatic heterocycles. The van der Waals surface area contributed by atoms with Crippen LogP contribution in [0.2, 0.25) is 0 Å². The number of amides is 2. The number of anilines is 3. The van der Waals surface area contributed by atoms with Crippen molar-refractivity contribution in [2.24, 2.45) is 5.10 Å². The highest BCUT2D eigenvalue weighted by molar-refractivity contribution is 6.04. The summed E-state index contributed by atoms with van der Waals surface area (Å²) in [6.45, 7) is 8.57. The number of halogens is 8. The Balaban J connectivity index is 1.33. The monoisotopic (exact) mass is 838 g/mol. The Kier molecular flexibility index (Phi) is 11.8. The first kappa shape index (κ1) is 43.0. The summed E-state index contributed by atoms with van der Waals surface area (Å²) in [5.41, 5.74) is -7.02. The fourth-order valence-electron chi connectivity index (χ4n) is 7.07. The molecule has 318 valence electrons. The largest absolute Gasteiger partial charge is 0.444 e. The molecule has 59 heavy (non-hydrogen) atoms. The zero-order valence-corrected chi connectivity index (χ0v) is 33.1. The maximum Gasteiger partial charge on any atom is 0.410 e. The van der Waals surface area contributed by atoms with E-state index < -0.39 is 111 Å². The van der Waals surface area contributed by atoms with E-state index in [0.29, 0.717) is 6.29 Å². The number of hydrogen-bond acceptors (Lipinski definition) is 9. The second-order valence-corrected chi connectivity index (χ2v) is 16.2. The smallest absolute Gasteiger partial charge is 0.410 e. The SMILES string of the molecule is CC(C)(C)OC(=O)N1CCN(c2c(F)c(F)c(C3=NN(c4ccc(C=O)cc4)C(c4c(F)c(F)c(N5CCN(C(=O)OC(C)(C)C)CC5)c(F)c4F)C3)c(F)c2F)CC1. The minimum atomic E-state index is -1.90. The van der Waals surface area contributed by atoms with Crippen LogP contribution in [0, 0.1) is 46.5 Å². The number of piperazine rings is 2. The van der Waals surface area contributed by atoms with Gasteiger partial charge in [-0.05, 0) is 65.8 Å². The quantitative estimate of drug-likeness (QED) is 0.140. The molecule has 0 aromatic heterocycles. The number of rotatable bonds is 6. The third kappa shape index (κ3) is 8.59. The van der Waals surface area contributed by atoms with Gasteiger partial charge in [-0.1, -0.05) is 0 Å². The van der Waals surface area contributed by atoms with Crippen molar-refractivity contribution in [3.05, 3.63) is 87.5 Å². The third-order valence-electron chi connectivity index (χ3n) is 9.84. The van der Waals surface area contributed by atoms with Gasteiger partial charge in [-0.15, -0.1) is 0 Å². The minimum Gasteiger partial charge on any atom is -0.444 e. The van der Waals surface area contributed by atoms with E-state index in [1.54, 1.807) is 41.5 Å². The van der Waals surface area contributed by atoms with E-state index in [1.807, 2.05) is 0 Å². The van der Waals surface area contributed by atoms with E-state index in [9.17, 15) is 14.4 Å². The van der Waals surface area contributed by atoms with Crippen LogP contribution in [-0.4, -0.2) is 97.5 Å². The van der Waals surface area contributed by atoms with Crippen LogP contribution in [0.5, 0.6) is 0 Å². The highest BCUT2D eigenvalue weighted by atomic mass is 19.2. The molecule has 0 N–H and O–H groups in total. The molecule has 1 atom stereocenters. The summed E-state index contributed by atoms with van der Waals surface area (Å²) in [6.07, 6.45) is -1.81. The first-order valence-corrected chi connectivity index (χ1v) is 18.7. The van der Waals surface area contributed by atoms with Gasteiger partial charge in [-0.2, -0.15) is 5.10 Å². The molecule has 0 radical (unpaired) electrons. The van der Waals surface area contributed by atoms with Crippen molar-refractivity contribution in [2.45, 2.75) is 65.2 Å². The standard InChI is InChI=1S/C40H42F8N6O5/c1-39(2,3)58-37(56)52-15-11-50(12-16-52)35-31(45)27(41)25(28(42)32(35)46)23-19-24(54(49-23)22-9-7-21(20-55)8-10-22)26-29(43)33(47)36(34(48)30(26)44)51-13-17-53(18-14-51)38(57)59-40(4,5)6/h7-10,20,24H,11-19H2,1-6H3. The van der Waals surface area contributed by atoms with Crippen molar-refractivity contribution in [3.63, 3.8) is 0 Å². The number of ether oxygens (including phenoxy) is 2. The van der Waals surface area contributed by atoms with Gasteiger partial charge < -0.3 is 29.1 Å². The third-order valence-corrected chi connectivity index (χ3v) is 9.84. The second kappa shape index (κ2) is 16.2. The Morgan fingerprint density at radius 3 is 1.37 bits per heavy atom. The number of carbonyl (C=O) groups excluding carboxylic acids is 3. The molecular formula is C40H42F8N6O5. The summed E-state index contributed by atoms with van der Waals surface area (Å²) >= 11 is 0. The Morgan fingerprint density at radius 1 is 0.610 bits per heavy atom. The zero-order chi connectivity index (χ0) is 43.3. The number of aldehydes is 1. The van der Waals surface area contributed by atoms with Gasteiger partial charge in [-0.3, -0.25) is 9.80 Å². The molecule has 0 aliphatic carbocycles. The number of nitrogens with zero attached hydrogens (tertiary/aromatic N) is 6. The van der Waals surface area contributed by atoms with Crippen LogP contribution in [0.4, 0.5) is 61.8 Å². The van der Waals surface area contributed by atoms with Crippen molar-refractivity contribution >= 4 is 41.2 Å². The normalized spacial score (nSPS) is 17.7. The van der Waals surface area contributed by atoms with Gasteiger partial charge in [0.2, 0.25) is 0 Å². The van der Waals surface area contributed by atoms with Gasteiger partial charge >= 0.3 is 12.2 Å². The van der Waals surface area contributed by atoms with Crippen LogP contribution in [-0.2, 0) is 9.47 Å². The average molecular weight is 839 g/mol. The predicted molar refractivity (Wildman–Crippen MR) is 201 cm³/mol. The molecule has 0 saturated carbocycles. The van der Waals surface area contributed by atoms with Crippen molar-refractivity contribution in [1.29, 1.82) is 0 Å². The minimum absolute atomic E-state index is 0.0706. The molecule has 2 saturated heterocycles. The summed E-state index contributed by atoms with van der Waals surface area (Å²) < 4.78 is 139. The van der Waals surface area contributed by atoms with Gasteiger partial charge in [0.1, 0.15) is 28.9 Å². The van der Waals surface area contributed by atoms with Crippen molar-refractivity contribution < 1.29 is 59.0 Å². The Labute approximate surface area is 334 Å². The Bertz CT molecular complexity index is 2120. The Morgan fingerprint density at radius 2 is 1.00 bits per heavy atom. The summed E-state index contributed by atoms with van der Waals surface area (Å²) in [5.74, 6) is -14.8. The first-order valence-electron chi connectivity index (χ1n) is 18.7. The zero-order valence-electron chi connectivity index (χ0n) is 33.1. The van der Waals surface area contributed by atoms with E-state index in [-0.39, 0.29) is 63.6 Å². The molecular weight excluding hydrogens is 796 g/mol. The van der Waals surface area contributed by atoms with E-state index in [2.05, 4.69) is 5.10 Å². The maximum absolute atomic E-state index is 16.2. The van der Waals surface area contributed by atoms with E-state index in [4.69, 9.17) is 9.47 Å². The summed E-state index contributed by atoms with van der Waals surface area (Å²) in [7, 11) is 0. The number of hydrogen-bond donors (Lipinski definition) is 0. The van der Waals surface area contributed by atoms with E-state index >= 15 is 35.1 Å². The first-order chi connectivity index (χ1) is 27.6. The van der Waals surface area contributed by atoms with Crippen LogP contribution in [0.25, 0.3) is 0 Å². The van der Waals surface area contributed by atoms with Crippen molar-refractivity contribution in [2.75, 3.05) is 67.2 Å². The molecule has 3 aliphatic rings. The summed E-state index contributed by atoms with van der Waals surface area (Å²) in [6, 6.07) is 3.12. The van der Waals surface area contributed by atoms with Crippen molar-refractivity contribution in [1.82, 2.24) is 9.80 Å². The van der Waals surface area contributed by atoms with Crippen LogP contribution in [0.15, 0.2) is 29.4 Å². The molecule has 2 fully saturated rings. The van der Waals surface area contributed by atoms with Crippen molar-refractivity contribution in [3.8, 4) is 0 Å². The molecule has 19 heteroatoms. The van der Waals surface area contributed by atoms with E-state index in [1.165, 1.54) is 34.1 Å². The molecule has 0 bridgehead atoms. The average Bonchev–Trinajstić information content (AvgIpc) is 3.60. The molecule has 1 unspecified atom stereocenters. The molecule has 2 amide bonds. The van der Waals surface area contributed by atoms with Crippen LogP contribution in [0.3, 0.4) is 0 Å². The summed E-state index contributed by atoms with van der Waals surface area (Å²) in [4.78, 5) is 40.9. The van der Waals surface area contributed by atoms with Crippen LogP contribution < -0.4 is 14.8 Å². The highest BCUT2D eigenvalue weighted by Gasteiger charge is 2.42. The van der Waals surface area contributed by atoms with Gasteiger partial charge in [-0.25, -0.2) is 44.7 Å². The lowest BCUT2D eigenvalue weighted by Crippen LogP contribution is -2.50. The molecule has 3 heterocycles. The number of carbonyl (C=O) groups is 3. The maximum atomic E-state index is 16.2. The molecule has 6 rings (SSSR count). The topological polar surface area (TPSA) is 98.2 Å². The van der Waals surface area contributed by atoms with E-state index in [0.717, 1.165) is 14.8 Å². The molecule has 11 nitrogen and oxygen atoms in total. The highest BCUT2D eigenvalue weighted by Crippen LogP contribution is 2.44. The van der Waals surface area contributed by atoms with Gasteiger partial charge in [0.25, 0.3) is 0 Å². The van der Waals surface area contributed by atoms with Crippen LogP contribution in [0.1, 0.15) is 75.5 Å². The fraction of sp³-hybridized carbons (Fsp3) is 0.450. The fourth-order valence-corrected chi connectivity index (χ4v) is 7.07. The second-order valence-electron chi connectivity index (χ2n) is 16.2. The lowest BCUT2D eigenvalue weighted by atomic mass is 9.95. The van der Waals surface area contributed by atoms with Gasteiger partial charge in [0.05, 0.1) is 28.6 Å². The molecule has 3 aromatic rings. The van der Waals surface area contributed by atoms with Gasteiger partial charge in [0, 0.05) is 64.3 Å². The predicted octanol–water partition coefficient (Wildman–Crippen LogP) is 8.08. The lowest BCUT2D eigenvalue weighted by molar-refractivity contribution is 0.0229. The lowest BCUT2D eigenvalue weighted by Gasteiger charge is -2.37. The molecule has 3 aromatic carbocycles. The number of benzene rings is 3. The number of hydrazone groups is 1. The molecule has 0 spiro atoms. The van der Waals surface area contributed by atoms with Crippen LogP contribution >= 0.6 is 0 Å². The van der Waals surface area contributed by atoms with Gasteiger partial charge in [0.15, 0.2) is 46.5 Å². The summed E-state index contributed by atoms with van der Waals surface area (Å²) in [5, 5.41) is 4.87. The Hall–Kier alpha value is -5.62.